The van der Waals surface area contributed by atoms with Gasteiger partial charge in [-0.2, -0.15) is 0 Å². The van der Waals surface area contributed by atoms with Crippen molar-refractivity contribution >= 4 is 28.7 Å². The number of rotatable bonds is 2. The van der Waals surface area contributed by atoms with Gasteiger partial charge in [-0.25, -0.2) is 9.78 Å². The average Bonchev–Trinajstić information content (AvgIpc) is 3.08. The molecule has 1 aliphatic heterocycles. The number of aromatic nitrogens is 3. The van der Waals surface area contributed by atoms with Crippen LogP contribution in [0.1, 0.15) is 51.6 Å². The largest absolute Gasteiger partial charge is 0.444 e. The number of carbonyl (C=O) groups excluding carboxylic acids is 1. The van der Waals surface area contributed by atoms with Crippen LogP contribution < -0.4 is 5.56 Å². The monoisotopic (exact) mass is 470 g/mol. The zero-order valence-corrected chi connectivity index (χ0v) is 19.7. The molecule has 8 nitrogen and oxygen atoms in total. The van der Waals surface area contributed by atoms with Crippen molar-refractivity contribution in [2.75, 3.05) is 13.2 Å². The molecule has 1 N–H and O–H groups in total. The van der Waals surface area contributed by atoms with Crippen molar-refractivity contribution in [3.05, 3.63) is 57.7 Å². The topological polar surface area (TPSA) is 89.5 Å². The van der Waals surface area contributed by atoms with Crippen molar-refractivity contribution in [3.63, 3.8) is 0 Å². The van der Waals surface area contributed by atoms with Crippen LogP contribution in [-0.4, -0.2) is 49.9 Å². The van der Waals surface area contributed by atoms with Crippen LogP contribution >= 0.6 is 11.6 Å². The highest BCUT2D eigenvalue weighted by molar-refractivity contribution is 6.31. The number of H-pyrrole nitrogens is 1. The number of ether oxygens (including phenoxy) is 2. The Morgan fingerprint density at radius 2 is 2.00 bits per heavy atom. The van der Waals surface area contributed by atoms with E-state index in [0.717, 1.165) is 30.5 Å². The molecule has 1 unspecified atom stereocenters. The Hall–Kier alpha value is -2.84. The minimum atomic E-state index is -0.576. The van der Waals surface area contributed by atoms with Crippen LogP contribution in [0.3, 0.4) is 0 Å². The predicted molar refractivity (Wildman–Crippen MR) is 125 cm³/mol. The van der Waals surface area contributed by atoms with Gasteiger partial charge in [-0.3, -0.25) is 14.3 Å². The average molecular weight is 471 g/mol. The SMILES string of the molecule is CC(C)(C)OC(=O)N1CC2(CCC2)OCC1c1ccc(-n2c(Cl)cc3c(=O)[nH]cnc32)cc1. The Labute approximate surface area is 196 Å². The van der Waals surface area contributed by atoms with Crippen molar-refractivity contribution < 1.29 is 14.3 Å². The Bertz CT molecular complexity index is 1250. The summed E-state index contributed by atoms with van der Waals surface area (Å²) >= 11 is 6.42. The van der Waals surface area contributed by atoms with Gasteiger partial charge in [-0.05, 0) is 63.8 Å². The van der Waals surface area contributed by atoms with E-state index in [2.05, 4.69) is 9.97 Å². The third kappa shape index (κ3) is 4.02. The van der Waals surface area contributed by atoms with E-state index in [4.69, 9.17) is 21.1 Å². The number of aromatic amines is 1. The van der Waals surface area contributed by atoms with E-state index in [9.17, 15) is 9.59 Å². The Morgan fingerprint density at radius 1 is 1.27 bits per heavy atom. The maximum Gasteiger partial charge on any atom is 0.410 e. The van der Waals surface area contributed by atoms with E-state index in [1.54, 1.807) is 10.6 Å². The highest BCUT2D eigenvalue weighted by Crippen LogP contribution is 2.43. The molecule has 33 heavy (non-hydrogen) atoms. The van der Waals surface area contributed by atoms with Crippen molar-refractivity contribution in [2.45, 2.75) is 57.3 Å². The van der Waals surface area contributed by atoms with Gasteiger partial charge in [0.25, 0.3) is 5.56 Å². The molecule has 2 fully saturated rings. The minimum Gasteiger partial charge on any atom is -0.444 e. The third-order valence-corrected chi connectivity index (χ3v) is 6.65. The first-order chi connectivity index (χ1) is 15.7. The first kappa shape index (κ1) is 22.0. The van der Waals surface area contributed by atoms with Gasteiger partial charge < -0.3 is 14.5 Å². The number of hydrogen-bond donors (Lipinski definition) is 1. The third-order valence-electron chi connectivity index (χ3n) is 6.37. The summed E-state index contributed by atoms with van der Waals surface area (Å²) in [6, 6.07) is 9.07. The van der Waals surface area contributed by atoms with Crippen LogP contribution in [0, 0.1) is 0 Å². The molecule has 1 amide bonds. The number of halogens is 1. The Kier molecular flexibility index (Phi) is 5.25. The second kappa shape index (κ2) is 7.88. The number of benzene rings is 1. The van der Waals surface area contributed by atoms with Gasteiger partial charge in [0.1, 0.15) is 10.8 Å². The van der Waals surface area contributed by atoms with E-state index in [1.165, 1.54) is 6.33 Å². The van der Waals surface area contributed by atoms with E-state index in [0.29, 0.717) is 29.3 Å². The summed E-state index contributed by atoms with van der Waals surface area (Å²) in [5.74, 6) is 0. The van der Waals surface area contributed by atoms with Gasteiger partial charge in [0, 0.05) is 5.69 Å². The molecule has 1 spiro atoms. The first-order valence-electron chi connectivity index (χ1n) is 11.1. The standard InChI is InChI=1S/C24H27ClN4O4/c1-23(2,3)33-22(31)28-13-24(9-4-10-24)32-12-18(28)15-5-7-16(8-6-15)29-19(25)11-17-20(29)26-14-27-21(17)30/h5-8,11,14,18H,4,9-10,12-13H2,1-3H3,(H,26,27,30). The summed E-state index contributed by atoms with van der Waals surface area (Å²) in [5.41, 5.74) is 1.14. The highest BCUT2D eigenvalue weighted by atomic mass is 35.5. The summed E-state index contributed by atoms with van der Waals surface area (Å²) in [6.45, 7) is 6.56. The van der Waals surface area contributed by atoms with Crippen LogP contribution in [0.2, 0.25) is 5.15 Å². The zero-order valence-electron chi connectivity index (χ0n) is 18.9. The fourth-order valence-electron chi connectivity index (χ4n) is 4.56. The normalized spacial score (nSPS) is 20.1. The van der Waals surface area contributed by atoms with Crippen molar-refractivity contribution in [1.29, 1.82) is 0 Å². The molecule has 0 radical (unpaired) electrons. The number of amides is 1. The van der Waals surface area contributed by atoms with E-state index in [-0.39, 0.29) is 23.3 Å². The number of morpholine rings is 1. The zero-order chi connectivity index (χ0) is 23.4. The molecule has 3 heterocycles. The van der Waals surface area contributed by atoms with Gasteiger partial charge in [0.05, 0.1) is 36.5 Å². The van der Waals surface area contributed by atoms with Crippen LogP contribution in [0.5, 0.6) is 0 Å². The summed E-state index contributed by atoms with van der Waals surface area (Å²) < 4.78 is 13.7. The lowest BCUT2D eigenvalue weighted by Crippen LogP contribution is -2.58. The lowest BCUT2D eigenvalue weighted by atomic mass is 9.78. The smallest absolute Gasteiger partial charge is 0.410 e. The molecule has 1 saturated heterocycles. The second-order valence-corrected chi connectivity index (χ2v) is 10.2. The first-order valence-corrected chi connectivity index (χ1v) is 11.5. The fraction of sp³-hybridized carbons (Fsp3) is 0.458. The van der Waals surface area contributed by atoms with E-state index >= 15 is 0 Å². The molecule has 0 bridgehead atoms. The number of fused-ring (bicyclic) bond motifs is 1. The maximum absolute atomic E-state index is 13.1. The lowest BCUT2D eigenvalue weighted by Gasteiger charge is -2.51. The van der Waals surface area contributed by atoms with Crippen LogP contribution in [0.4, 0.5) is 4.79 Å². The molecule has 5 rings (SSSR count). The quantitative estimate of drug-likeness (QED) is 0.591. The summed E-state index contributed by atoms with van der Waals surface area (Å²) in [4.78, 5) is 33.8. The van der Waals surface area contributed by atoms with Crippen molar-refractivity contribution in [3.8, 4) is 5.69 Å². The minimum absolute atomic E-state index is 0.241. The fourth-order valence-corrected chi connectivity index (χ4v) is 4.85. The van der Waals surface area contributed by atoms with Gasteiger partial charge in [0.2, 0.25) is 0 Å². The van der Waals surface area contributed by atoms with Crippen molar-refractivity contribution in [1.82, 2.24) is 19.4 Å². The lowest BCUT2D eigenvalue weighted by molar-refractivity contribution is -0.168. The second-order valence-electron chi connectivity index (χ2n) is 9.83. The molecule has 1 aliphatic carbocycles. The van der Waals surface area contributed by atoms with Gasteiger partial charge in [-0.1, -0.05) is 23.7 Å². The molecular formula is C24H27ClN4O4. The number of nitrogens with one attached hydrogen (secondary N) is 1. The van der Waals surface area contributed by atoms with Gasteiger partial charge >= 0.3 is 6.09 Å². The summed E-state index contributed by atoms with van der Waals surface area (Å²) in [5, 5.41) is 0.819. The number of nitrogens with zero attached hydrogens (tertiary/aromatic N) is 3. The van der Waals surface area contributed by atoms with Gasteiger partial charge in [0.15, 0.2) is 5.65 Å². The molecule has 174 valence electrons. The van der Waals surface area contributed by atoms with Gasteiger partial charge in [-0.15, -0.1) is 0 Å². The van der Waals surface area contributed by atoms with E-state index < -0.39 is 5.60 Å². The molecular weight excluding hydrogens is 444 g/mol. The number of hydrogen-bond acceptors (Lipinski definition) is 5. The Balaban J connectivity index is 1.46. The maximum atomic E-state index is 13.1. The molecule has 1 aromatic carbocycles. The summed E-state index contributed by atoms with van der Waals surface area (Å²) in [7, 11) is 0. The predicted octanol–water partition coefficient (Wildman–Crippen LogP) is 4.60. The molecule has 9 heteroatoms. The molecule has 3 aromatic rings. The molecule has 2 aromatic heterocycles. The highest BCUT2D eigenvalue weighted by Gasteiger charge is 2.47. The van der Waals surface area contributed by atoms with Crippen molar-refractivity contribution in [2.24, 2.45) is 0 Å². The number of carbonyl (C=O) groups is 1. The molecule has 1 saturated carbocycles. The summed E-state index contributed by atoms with van der Waals surface area (Å²) in [6.07, 6.45) is 4.07. The van der Waals surface area contributed by atoms with Crippen LogP contribution in [-0.2, 0) is 9.47 Å². The van der Waals surface area contributed by atoms with Crippen LogP contribution in [0.25, 0.3) is 16.7 Å². The molecule has 2 aliphatic rings. The molecule has 1 atom stereocenters. The Morgan fingerprint density at radius 3 is 2.64 bits per heavy atom. The van der Waals surface area contributed by atoms with E-state index in [1.807, 2.05) is 49.9 Å². The van der Waals surface area contributed by atoms with Crippen LogP contribution in [0.15, 0.2) is 41.5 Å².